The second kappa shape index (κ2) is 8.23. The Morgan fingerprint density at radius 3 is 0.933 bits per heavy atom. The normalized spacial score (nSPS) is 11.7. The lowest BCUT2D eigenvalue weighted by Gasteiger charge is -2.13. The Morgan fingerprint density at radius 1 is 0.300 bits per heavy atom. The predicted molar refractivity (Wildman–Crippen MR) is 132 cm³/mol. The molecule has 0 aliphatic carbocycles. The van der Waals surface area contributed by atoms with Crippen LogP contribution in [0.2, 0.25) is 0 Å². The number of rotatable bonds is 4. The lowest BCUT2D eigenvalue weighted by molar-refractivity contribution is 1.66. The summed E-state index contributed by atoms with van der Waals surface area (Å²) in [6, 6.07) is 38.4. The largest absolute Gasteiger partial charge is 0.0622 e. The van der Waals surface area contributed by atoms with Crippen LogP contribution in [0.25, 0.3) is 45.8 Å². The Hall–Kier alpha value is -3.90. The minimum Gasteiger partial charge on any atom is -0.0622 e. The summed E-state index contributed by atoms with van der Waals surface area (Å²) in [7, 11) is 0. The SMILES string of the molecule is C(=Cc1c2ccccc2c(C=Cc2ccccc2)c2ccccc12)c1ccccc1. The molecule has 5 rings (SSSR count). The summed E-state index contributed by atoms with van der Waals surface area (Å²) >= 11 is 0. The molecule has 0 atom stereocenters. The standard InChI is InChI=1S/C30H22/c1-3-11-23(12-4-1)19-21-29-25-15-7-9-17-27(25)30(28-18-10-8-16-26(28)29)22-20-24-13-5-2-6-14-24/h1-22H. The van der Waals surface area contributed by atoms with Gasteiger partial charge in [-0.3, -0.25) is 0 Å². The van der Waals surface area contributed by atoms with E-state index in [9.17, 15) is 0 Å². The molecule has 0 aliphatic heterocycles. The van der Waals surface area contributed by atoms with Crippen molar-refractivity contribution in [1.82, 2.24) is 0 Å². The molecule has 0 aromatic heterocycles. The first-order chi connectivity index (χ1) is 14.9. The minimum absolute atomic E-state index is 1.21. The maximum absolute atomic E-state index is 2.25. The Labute approximate surface area is 177 Å². The van der Waals surface area contributed by atoms with Gasteiger partial charge in [0.1, 0.15) is 0 Å². The summed E-state index contributed by atoms with van der Waals surface area (Å²) in [6.45, 7) is 0. The number of fused-ring (bicyclic) bond motifs is 2. The van der Waals surface area contributed by atoms with Crippen molar-refractivity contribution in [3.8, 4) is 0 Å². The summed E-state index contributed by atoms with van der Waals surface area (Å²) in [4.78, 5) is 0. The molecule has 142 valence electrons. The van der Waals surface area contributed by atoms with Gasteiger partial charge in [-0.15, -0.1) is 0 Å². The lowest BCUT2D eigenvalue weighted by Crippen LogP contribution is -1.88. The maximum Gasteiger partial charge on any atom is -0.00987 e. The molecule has 5 aromatic rings. The van der Waals surface area contributed by atoms with Crippen molar-refractivity contribution in [3.05, 3.63) is 131 Å². The fourth-order valence-electron chi connectivity index (χ4n) is 4.04. The van der Waals surface area contributed by atoms with Crippen molar-refractivity contribution in [2.24, 2.45) is 0 Å². The van der Waals surface area contributed by atoms with E-state index in [1.165, 1.54) is 43.8 Å². The van der Waals surface area contributed by atoms with Crippen molar-refractivity contribution in [2.75, 3.05) is 0 Å². The van der Waals surface area contributed by atoms with Crippen LogP contribution in [0, 0.1) is 0 Å². The van der Waals surface area contributed by atoms with Crippen molar-refractivity contribution in [2.45, 2.75) is 0 Å². The van der Waals surface area contributed by atoms with Crippen LogP contribution in [0.15, 0.2) is 109 Å². The second-order valence-corrected chi connectivity index (χ2v) is 7.41. The van der Waals surface area contributed by atoms with Crippen molar-refractivity contribution < 1.29 is 0 Å². The van der Waals surface area contributed by atoms with E-state index in [-0.39, 0.29) is 0 Å². The zero-order chi connectivity index (χ0) is 20.2. The first-order valence-corrected chi connectivity index (χ1v) is 10.3. The average Bonchev–Trinajstić information content (AvgIpc) is 2.82. The summed E-state index contributed by atoms with van der Waals surface area (Å²) in [5.74, 6) is 0. The highest BCUT2D eigenvalue weighted by Crippen LogP contribution is 2.35. The molecule has 30 heavy (non-hydrogen) atoms. The van der Waals surface area contributed by atoms with Crippen LogP contribution < -0.4 is 0 Å². The number of hydrogen-bond donors (Lipinski definition) is 0. The molecular formula is C30H22. The molecule has 0 aliphatic rings. The molecule has 0 N–H and O–H groups in total. The molecule has 0 radical (unpaired) electrons. The molecular weight excluding hydrogens is 360 g/mol. The summed E-state index contributed by atoms with van der Waals surface area (Å²) in [6.07, 6.45) is 8.91. The van der Waals surface area contributed by atoms with Crippen molar-refractivity contribution in [3.63, 3.8) is 0 Å². The van der Waals surface area contributed by atoms with E-state index >= 15 is 0 Å². The molecule has 5 aromatic carbocycles. The summed E-state index contributed by atoms with van der Waals surface area (Å²) in [5, 5.41) is 5.10. The van der Waals surface area contributed by atoms with Gasteiger partial charge in [0.25, 0.3) is 0 Å². The molecule has 0 heteroatoms. The molecule has 0 saturated carbocycles. The van der Waals surface area contributed by atoms with E-state index in [0.29, 0.717) is 0 Å². The topological polar surface area (TPSA) is 0 Å². The highest BCUT2D eigenvalue weighted by molar-refractivity contribution is 6.14. The Morgan fingerprint density at radius 2 is 0.600 bits per heavy atom. The quantitative estimate of drug-likeness (QED) is 0.216. The van der Waals surface area contributed by atoms with Crippen LogP contribution in [0.5, 0.6) is 0 Å². The molecule has 0 unspecified atom stereocenters. The predicted octanol–water partition coefficient (Wildman–Crippen LogP) is 8.33. The van der Waals surface area contributed by atoms with Gasteiger partial charge < -0.3 is 0 Å². The van der Waals surface area contributed by atoms with Crippen LogP contribution in [0.4, 0.5) is 0 Å². The van der Waals surface area contributed by atoms with Crippen LogP contribution in [0.3, 0.4) is 0 Å². The third kappa shape index (κ3) is 3.56. The first kappa shape index (κ1) is 18.1. The van der Waals surface area contributed by atoms with Crippen LogP contribution >= 0.6 is 0 Å². The van der Waals surface area contributed by atoms with Crippen LogP contribution in [-0.2, 0) is 0 Å². The van der Waals surface area contributed by atoms with Gasteiger partial charge >= 0.3 is 0 Å². The Balaban J connectivity index is 1.74. The third-order valence-electron chi connectivity index (χ3n) is 5.50. The molecule has 0 nitrogen and oxygen atoms in total. The van der Waals surface area contributed by atoms with E-state index in [0.717, 1.165) is 0 Å². The van der Waals surface area contributed by atoms with Gasteiger partial charge in [-0.25, -0.2) is 0 Å². The van der Waals surface area contributed by atoms with E-state index in [1.54, 1.807) is 0 Å². The third-order valence-corrected chi connectivity index (χ3v) is 5.50. The fourth-order valence-corrected chi connectivity index (χ4v) is 4.04. The summed E-state index contributed by atoms with van der Waals surface area (Å²) in [5.41, 5.74) is 4.95. The monoisotopic (exact) mass is 382 g/mol. The van der Waals surface area contributed by atoms with E-state index in [1.807, 2.05) is 0 Å². The summed E-state index contributed by atoms with van der Waals surface area (Å²) < 4.78 is 0. The fraction of sp³-hybridized carbons (Fsp3) is 0. The molecule has 0 saturated heterocycles. The lowest BCUT2D eigenvalue weighted by atomic mass is 9.91. The highest BCUT2D eigenvalue weighted by Gasteiger charge is 2.10. The Kier molecular flexibility index (Phi) is 4.98. The van der Waals surface area contributed by atoms with Gasteiger partial charge in [-0.2, -0.15) is 0 Å². The van der Waals surface area contributed by atoms with Gasteiger partial charge in [0.2, 0.25) is 0 Å². The molecule has 0 spiro atoms. The van der Waals surface area contributed by atoms with Gasteiger partial charge in [-0.05, 0) is 43.8 Å². The van der Waals surface area contributed by atoms with E-state index in [2.05, 4.69) is 133 Å². The zero-order valence-corrected chi connectivity index (χ0v) is 16.7. The van der Waals surface area contributed by atoms with Crippen LogP contribution in [-0.4, -0.2) is 0 Å². The van der Waals surface area contributed by atoms with Gasteiger partial charge in [-0.1, -0.05) is 133 Å². The minimum atomic E-state index is 1.21. The second-order valence-electron chi connectivity index (χ2n) is 7.41. The van der Waals surface area contributed by atoms with Crippen LogP contribution in [0.1, 0.15) is 22.3 Å². The van der Waals surface area contributed by atoms with Gasteiger partial charge in [0.15, 0.2) is 0 Å². The van der Waals surface area contributed by atoms with Gasteiger partial charge in [0.05, 0.1) is 0 Å². The number of hydrogen-bond acceptors (Lipinski definition) is 0. The smallest absolute Gasteiger partial charge is 0.00987 e. The first-order valence-electron chi connectivity index (χ1n) is 10.3. The average molecular weight is 383 g/mol. The van der Waals surface area contributed by atoms with E-state index in [4.69, 9.17) is 0 Å². The highest BCUT2D eigenvalue weighted by atomic mass is 14.1. The van der Waals surface area contributed by atoms with Gasteiger partial charge in [0, 0.05) is 0 Å². The Bertz CT molecular complexity index is 1190. The molecule has 0 amide bonds. The maximum atomic E-state index is 2.25. The molecule has 0 fully saturated rings. The molecule has 0 bridgehead atoms. The van der Waals surface area contributed by atoms with Crippen molar-refractivity contribution >= 4 is 45.8 Å². The van der Waals surface area contributed by atoms with E-state index < -0.39 is 0 Å². The molecule has 0 heterocycles. The van der Waals surface area contributed by atoms with Crippen molar-refractivity contribution in [1.29, 1.82) is 0 Å². The number of benzene rings is 5. The zero-order valence-electron chi connectivity index (χ0n) is 16.7.